The second-order valence-electron chi connectivity index (χ2n) is 4.10. The summed E-state index contributed by atoms with van der Waals surface area (Å²) < 4.78 is 0. The smallest absolute Gasteiger partial charge is 0.227 e. The van der Waals surface area contributed by atoms with Gasteiger partial charge in [-0.2, -0.15) is 0 Å². The Bertz CT molecular complexity index is 372. The summed E-state index contributed by atoms with van der Waals surface area (Å²) in [5.74, 6) is 0.195. The first-order chi connectivity index (χ1) is 7.77. The van der Waals surface area contributed by atoms with Gasteiger partial charge in [0.25, 0.3) is 0 Å². The maximum atomic E-state index is 11.9. The van der Waals surface area contributed by atoms with E-state index in [0.29, 0.717) is 11.4 Å². The van der Waals surface area contributed by atoms with Gasteiger partial charge in [0, 0.05) is 5.92 Å². The molecule has 1 aromatic rings. The van der Waals surface area contributed by atoms with E-state index in [4.69, 9.17) is 5.73 Å². The van der Waals surface area contributed by atoms with E-state index in [9.17, 15) is 4.79 Å². The van der Waals surface area contributed by atoms with Gasteiger partial charge < -0.3 is 16.4 Å². The summed E-state index contributed by atoms with van der Waals surface area (Å²) >= 11 is 0. The molecular formula is C12H17N3O. The van der Waals surface area contributed by atoms with Crippen molar-refractivity contribution in [2.45, 2.75) is 12.8 Å². The van der Waals surface area contributed by atoms with Crippen molar-refractivity contribution in [3.63, 3.8) is 0 Å². The van der Waals surface area contributed by atoms with E-state index < -0.39 is 0 Å². The lowest BCUT2D eigenvalue weighted by Crippen LogP contribution is -2.34. The van der Waals surface area contributed by atoms with Gasteiger partial charge in [0.2, 0.25) is 5.91 Å². The first-order valence-corrected chi connectivity index (χ1v) is 5.63. The Balaban J connectivity index is 1.99. The number of hydrogen-bond acceptors (Lipinski definition) is 3. The predicted molar refractivity (Wildman–Crippen MR) is 65.1 cm³/mol. The van der Waals surface area contributed by atoms with E-state index in [1.54, 1.807) is 6.07 Å². The minimum absolute atomic E-state index is 0.0828. The van der Waals surface area contributed by atoms with Crippen molar-refractivity contribution < 1.29 is 4.79 Å². The number of nitrogens with two attached hydrogens (primary N) is 1. The summed E-state index contributed by atoms with van der Waals surface area (Å²) in [4.78, 5) is 11.9. The molecule has 1 fully saturated rings. The third-order valence-electron chi connectivity index (χ3n) is 2.93. The number of benzene rings is 1. The second kappa shape index (κ2) is 4.99. The molecule has 0 bridgehead atoms. The summed E-state index contributed by atoms with van der Waals surface area (Å²) in [6.45, 7) is 1.84. The maximum Gasteiger partial charge on any atom is 0.227 e. The Kier molecular flexibility index (Phi) is 3.41. The van der Waals surface area contributed by atoms with Crippen LogP contribution in [0, 0.1) is 5.92 Å². The number of carbonyl (C=O) groups excluding carboxylic acids is 1. The third kappa shape index (κ3) is 2.52. The summed E-state index contributed by atoms with van der Waals surface area (Å²) in [6.07, 6.45) is 1.80. The molecule has 4 N–H and O–H groups in total. The molecule has 1 heterocycles. The topological polar surface area (TPSA) is 67.1 Å². The maximum absolute atomic E-state index is 11.9. The Labute approximate surface area is 95.2 Å². The third-order valence-corrected chi connectivity index (χ3v) is 2.93. The molecule has 0 saturated carbocycles. The summed E-state index contributed by atoms with van der Waals surface area (Å²) in [5.41, 5.74) is 7.10. The van der Waals surface area contributed by atoms with Crippen molar-refractivity contribution in [3.05, 3.63) is 24.3 Å². The summed E-state index contributed by atoms with van der Waals surface area (Å²) in [7, 11) is 0. The van der Waals surface area contributed by atoms with E-state index in [1.807, 2.05) is 18.2 Å². The van der Waals surface area contributed by atoms with E-state index in [0.717, 1.165) is 25.9 Å². The zero-order chi connectivity index (χ0) is 11.4. The molecule has 4 heteroatoms. The van der Waals surface area contributed by atoms with Crippen molar-refractivity contribution in [2.75, 3.05) is 24.1 Å². The van der Waals surface area contributed by atoms with E-state index in [2.05, 4.69) is 10.6 Å². The molecule has 16 heavy (non-hydrogen) atoms. The number of piperidine rings is 1. The molecule has 4 nitrogen and oxygen atoms in total. The number of hydrogen-bond donors (Lipinski definition) is 3. The molecule has 1 amide bonds. The molecular weight excluding hydrogens is 202 g/mol. The molecule has 0 atom stereocenters. The molecule has 1 aliphatic heterocycles. The first kappa shape index (κ1) is 11.0. The van der Waals surface area contributed by atoms with Gasteiger partial charge in [-0.1, -0.05) is 12.1 Å². The fraction of sp³-hybridized carbons (Fsp3) is 0.417. The molecule has 0 unspecified atom stereocenters. The van der Waals surface area contributed by atoms with Crippen molar-refractivity contribution in [1.29, 1.82) is 0 Å². The Morgan fingerprint density at radius 1 is 1.31 bits per heavy atom. The van der Waals surface area contributed by atoms with Crippen LogP contribution in [-0.2, 0) is 4.79 Å². The van der Waals surface area contributed by atoms with Crippen LogP contribution in [0.4, 0.5) is 11.4 Å². The number of anilines is 2. The van der Waals surface area contributed by atoms with Crippen LogP contribution in [-0.4, -0.2) is 19.0 Å². The van der Waals surface area contributed by atoms with E-state index in [1.165, 1.54) is 0 Å². The average Bonchev–Trinajstić information content (AvgIpc) is 2.33. The number of para-hydroxylation sites is 2. The van der Waals surface area contributed by atoms with Gasteiger partial charge in [-0.25, -0.2) is 0 Å². The van der Waals surface area contributed by atoms with Crippen molar-refractivity contribution in [3.8, 4) is 0 Å². The SMILES string of the molecule is Nc1ccccc1NC(=O)C1CCNCC1. The zero-order valence-corrected chi connectivity index (χ0v) is 9.20. The van der Waals surface area contributed by atoms with E-state index >= 15 is 0 Å². The van der Waals surface area contributed by atoms with Crippen molar-refractivity contribution >= 4 is 17.3 Å². The van der Waals surface area contributed by atoms with Gasteiger partial charge in [0.1, 0.15) is 0 Å². The lowest BCUT2D eigenvalue weighted by molar-refractivity contribution is -0.120. The van der Waals surface area contributed by atoms with Gasteiger partial charge in [0.15, 0.2) is 0 Å². The zero-order valence-electron chi connectivity index (χ0n) is 9.20. The predicted octanol–water partition coefficient (Wildman–Crippen LogP) is 1.21. The lowest BCUT2D eigenvalue weighted by Gasteiger charge is -2.22. The van der Waals surface area contributed by atoms with Gasteiger partial charge in [-0.15, -0.1) is 0 Å². The minimum atomic E-state index is 0.0828. The number of carbonyl (C=O) groups is 1. The number of nitrogen functional groups attached to an aromatic ring is 1. The van der Waals surface area contributed by atoms with E-state index in [-0.39, 0.29) is 11.8 Å². The highest BCUT2D eigenvalue weighted by atomic mass is 16.1. The molecule has 0 aromatic heterocycles. The van der Waals surface area contributed by atoms with Crippen LogP contribution >= 0.6 is 0 Å². The van der Waals surface area contributed by atoms with Crippen LogP contribution in [0.5, 0.6) is 0 Å². The monoisotopic (exact) mass is 219 g/mol. The summed E-state index contributed by atoms with van der Waals surface area (Å²) in [5, 5.41) is 6.13. The molecule has 0 aliphatic carbocycles. The quantitative estimate of drug-likeness (QED) is 0.655. The Hall–Kier alpha value is -1.55. The molecule has 1 saturated heterocycles. The normalized spacial score (nSPS) is 17.0. The summed E-state index contributed by atoms with van der Waals surface area (Å²) in [6, 6.07) is 7.34. The molecule has 0 spiro atoms. The molecule has 86 valence electrons. The van der Waals surface area contributed by atoms with Crippen LogP contribution in [0.25, 0.3) is 0 Å². The molecule has 1 aliphatic rings. The van der Waals surface area contributed by atoms with Crippen LogP contribution < -0.4 is 16.4 Å². The van der Waals surface area contributed by atoms with Crippen molar-refractivity contribution in [2.24, 2.45) is 5.92 Å². The van der Waals surface area contributed by atoms with Crippen molar-refractivity contribution in [1.82, 2.24) is 5.32 Å². The standard InChI is InChI=1S/C12H17N3O/c13-10-3-1-2-4-11(10)15-12(16)9-5-7-14-8-6-9/h1-4,9,14H,5-8,13H2,(H,15,16). The van der Waals surface area contributed by atoms with Gasteiger partial charge >= 0.3 is 0 Å². The second-order valence-corrected chi connectivity index (χ2v) is 4.10. The number of rotatable bonds is 2. The molecule has 1 aromatic carbocycles. The van der Waals surface area contributed by atoms with Crippen LogP contribution in [0.15, 0.2) is 24.3 Å². The van der Waals surface area contributed by atoms with Gasteiger partial charge in [-0.3, -0.25) is 4.79 Å². The van der Waals surface area contributed by atoms with Crippen LogP contribution in [0.2, 0.25) is 0 Å². The highest BCUT2D eigenvalue weighted by Gasteiger charge is 2.21. The highest BCUT2D eigenvalue weighted by molar-refractivity contribution is 5.95. The fourth-order valence-corrected chi connectivity index (χ4v) is 1.93. The van der Waals surface area contributed by atoms with Gasteiger partial charge in [-0.05, 0) is 38.1 Å². The lowest BCUT2D eigenvalue weighted by atomic mass is 9.97. The average molecular weight is 219 g/mol. The Morgan fingerprint density at radius 3 is 2.69 bits per heavy atom. The fourth-order valence-electron chi connectivity index (χ4n) is 1.93. The highest BCUT2D eigenvalue weighted by Crippen LogP contribution is 2.20. The largest absolute Gasteiger partial charge is 0.397 e. The Morgan fingerprint density at radius 2 is 2.00 bits per heavy atom. The number of nitrogens with one attached hydrogen (secondary N) is 2. The number of amides is 1. The van der Waals surface area contributed by atoms with Gasteiger partial charge in [0.05, 0.1) is 11.4 Å². The first-order valence-electron chi connectivity index (χ1n) is 5.63. The van der Waals surface area contributed by atoms with Crippen LogP contribution in [0.3, 0.4) is 0 Å². The van der Waals surface area contributed by atoms with Crippen LogP contribution in [0.1, 0.15) is 12.8 Å². The molecule has 2 rings (SSSR count). The minimum Gasteiger partial charge on any atom is -0.397 e. The molecule has 0 radical (unpaired) electrons.